The van der Waals surface area contributed by atoms with E-state index in [0.29, 0.717) is 12.5 Å². The second kappa shape index (κ2) is 9.39. The van der Waals surface area contributed by atoms with Gasteiger partial charge >= 0.3 is 0 Å². The summed E-state index contributed by atoms with van der Waals surface area (Å²) in [5.41, 5.74) is 2.55. The van der Waals surface area contributed by atoms with Crippen molar-refractivity contribution in [3.8, 4) is 0 Å². The summed E-state index contributed by atoms with van der Waals surface area (Å²) in [6.07, 6.45) is 4.58. The number of guanidine groups is 1. The molecular weight excluding hydrogens is 364 g/mol. The van der Waals surface area contributed by atoms with E-state index in [1.165, 1.54) is 11.1 Å². The van der Waals surface area contributed by atoms with Gasteiger partial charge in [0.05, 0.1) is 6.10 Å². The lowest BCUT2D eigenvalue weighted by Gasteiger charge is -2.32. The minimum absolute atomic E-state index is 0.138. The number of aryl methyl sites for hydroxylation is 2. The molecule has 0 amide bonds. The minimum atomic E-state index is 0.138. The average molecular weight is 397 g/mol. The maximum atomic E-state index is 6.16. The summed E-state index contributed by atoms with van der Waals surface area (Å²) in [4.78, 5) is 4.76. The van der Waals surface area contributed by atoms with E-state index >= 15 is 0 Å². The molecule has 3 heterocycles. The molecule has 0 aliphatic carbocycles. The standard InChI is InChI=1S/C22H32N6O/c1-3-23-22(25-15-20-27-26-19-7-4-12-28(19)20)24-14-18-6-5-13-29-21(18)17-10-8-16(2)9-11-17/h8-11,18,21H,3-7,12-15H2,1-2H3,(H2,23,24,25). The number of ether oxygens (including phenoxy) is 1. The first-order valence-corrected chi connectivity index (χ1v) is 10.9. The molecule has 1 aromatic carbocycles. The second-order valence-electron chi connectivity index (χ2n) is 7.97. The molecule has 2 aliphatic heterocycles. The molecule has 4 rings (SSSR count). The summed E-state index contributed by atoms with van der Waals surface area (Å²) >= 11 is 0. The summed E-state index contributed by atoms with van der Waals surface area (Å²) in [6, 6.07) is 8.73. The fraction of sp³-hybridized carbons (Fsp3) is 0.591. The molecule has 0 spiro atoms. The lowest BCUT2D eigenvalue weighted by Crippen LogP contribution is -2.42. The second-order valence-corrected chi connectivity index (χ2v) is 7.97. The Morgan fingerprint density at radius 1 is 1.21 bits per heavy atom. The highest BCUT2D eigenvalue weighted by Gasteiger charge is 2.27. The number of hydrogen-bond donors (Lipinski definition) is 2. The van der Waals surface area contributed by atoms with Crippen molar-refractivity contribution < 1.29 is 4.74 Å². The third-order valence-electron chi connectivity index (χ3n) is 5.79. The number of aromatic nitrogens is 3. The molecule has 29 heavy (non-hydrogen) atoms. The van der Waals surface area contributed by atoms with Gasteiger partial charge in [0.15, 0.2) is 11.8 Å². The number of nitrogens with zero attached hydrogens (tertiary/aromatic N) is 4. The third-order valence-corrected chi connectivity index (χ3v) is 5.79. The fourth-order valence-electron chi connectivity index (χ4n) is 4.22. The Hall–Kier alpha value is -2.41. The van der Waals surface area contributed by atoms with Gasteiger partial charge < -0.3 is 19.9 Å². The Balaban J connectivity index is 1.40. The van der Waals surface area contributed by atoms with Gasteiger partial charge in [0, 0.05) is 38.6 Å². The number of nitrogens with one attached hydrogen (secondary N) is 2. The van der Waals surface area contributed by atoms with Gasteiger partial charge in [-0.3, -0.25) is 0 Å². The molecule has 1 fully saturated rings. The van der Waals surface area contributed by atoms with Crippen molar-refractivity contribution in [2.24, 2.45) is 10.9 Å². The van der Waals surface area contributed by atoms with Gasteiger partial charge in [-0.1, -0.05) is 29.8 Å². The van der Waals surface area contributed by atoms with E-state index in [9.17, 15) is 0 Å². The van der Waals surface area contributed by atoms with E-state index in [2.05, 4.69) is 63.5 Å². The number of fused-ring (bicyclic) bond motifs is 1. The van der Waals surface area contributed by atoms with Gasteiger partial charge in [0.25, 0.3) is 0 Å². The zero-order valence-corrected chi connectivity index (χ0v) is 17.5. The molecule has 0 saturated carbocycles. The van der Waals surface area contributed by atoms with Crippen molar-refractivity contribution in [3.05, 3.63) is 47.0 Å². The predicted octanol–water partition coefficient (Wildman–Crippen LogP) is 2.76. The third kappa shape index (κ3) is 4.78. The molecule has 2 aromatic rings. The molecule has 0 bridgehead atoms. The van der Waals surface area contributed by atoms with Crippen LogP contribution in [-0.4, -0.2) is 40.4 Å². The smallest absolute Gasteiger partial charge is 0.191 e. The SMILES string of the molecule is CCNC(=NCc1nnc2n1CCC2)NCC1CCCOC1c1ccc(C)cc1. The van der Waals surface area contributed by atoms with Crippen LogP contribution in [0.5, 0.6) is 0 Å². The molecule has 1 aromatic heterocycles. The van der Waals surface area contributed by atoms with E-state index in [1.54, 1.807) is 0 Å². The van der Waals surface area contributed by atoms with Gasteiger partial charge in [-0.2, -0.15) is 0 Å². The summed E-state index contributed by atoms with van der Waals surface area (Å²) in [6.45, 7) is 8.26. The van der Waals surface area contributed by atoms with E-state index in [1.807, 2.05) is 0 Å². The average Bonchev–Trinajstić information content (AvgIpc) is 3.35. The highest BCUT2D eigenvalue weighted by atomic mass is 16.5. The quantitative estimate of drug-likeness (QED) is 0.580. The molecule has 2 aliphatic rings. The molecular formula is C22H32N6O. The van der Waals surface area contributed by atoms with Crippen molar-refractivity contribution in [2.75, 3.05) is 19.7 Å². The molecule has 7 nitrogen and oxygen atoms in total. The molecule has 156 valence electrons. The summed E-state index contributed by atoms with van der Waals surface area (Å²) in [7, 11) is 0. The Kier molecular flexibility index (Phi) is 6.44. The Labute approximate surface area is 173 Å². The van der Waals surface area contributed by atoms with Crippen molar-refractivity contribution in [2.45, 2.75) is 58.7 Å². The molecule has 2 unspecified atom stereocenters. The molecule has 0 radical (unpaired) electrons. The highest BCUT2D eigenvalue weighted by Crippen LogP contribution is 2.33. The number of aliphatic imine (C=N–C) groups is 1. The van der Waals surface area contributed by atoms with Crippen LogP contribution in [0.25, 0.3) is 0 Å². The Morgan fingerprint density at radius 2 is 2.07 bits per heavy atom. The molecule has 7 heteroatoms. The van der Waals surface area contributed by atoms with Gasteiger partial charge in [0.1, 0.15) is 12.4 Å². The Morgan fingerprint density at radius 3 is 2.90 bits per heavy atom. The highest BCUT2D eigenvalue weighted by molar-refractivity contribution is 5.79. The molecule has 2 N–H and O–H groups in total. The maximum Gasteiger partial charge on any atom is 0.191 e. The zero-order valence-electron chi connectivity index (χ0n) is 17.5. The van der Waals surface area contributed by atoms with Crippen LogP contribution in [0, 0.1) is 12.8 Å². The minimum Gasteiger partial charge on any atom is -0.373 e. The van der Waals surface area contributed by atoms with Crippen molar-refractivity contribution in [3.63, 3.8) is 0 Å². The first-order chi connectivity index (χ1) is 14.2. The van der Waals surface area contributed by atoms with Crippen LogP contribution in [-0.2, 0) is 24.2 Å². The number of hydrogen-bond acceptors (Lipinski definition) is 4. The largest absolute Gasteiger partial charge is 0.373 e. The van der Waals surface area contributed by atoms with Crippen LogP contribution >= 0.6 is 0 Å². The normalized spacial score (nSPS) is 21.8. The van der Waals surface area contributed by atoms with Crippen LogP contribution in [0.1, 0.15) is 55.1 Å². The van der Waals surface area contributed by atoms with Gasteiger partial charge in [-0.15, -0.1) is 10.2 Å². The van der Waals surface area contributed by atoms with E-state index in [0.717, 1.165) is 69.5 Å². The zero-order chi connectivity index (χ0) is 20.1. The first kappa shape index (κ1) is 19.9. The lowest BCUT2D eigenvalue weighted by molar-refractivity contribution is -0.0265. The van der Waals surface area contributed by atoms with E-state index in [-0.39, 0.29) is 6.10 Å². The monoisotopic (exact) mass is 396 g/mol. The summed E-state index contributed by atoms with van der Waals surface area (Å²) < 4.78 is 8.36. The van der Waals surface area contributed by atoms with Gasteiger partial charge in [0.2, 0.25) is 0 Å². The lowest BCUT2D eigenvalue weighted by atomic mass is 9.89. The maximum absolute atomic E-state index is 6.16. The van der Waals surface area contributed by atoms with Gasteiger partial charge in [-0.25, -0.2) is 4.99 Å². The fourth-order valence-corrected chi connectivity index (χ4v) is 4.22. The van der Waals surface area contributed by atoms with Crippen LogP contribution < -0.4 is 10.6 Å². The number of benzene rings is 1. The number of rotatable bonds is 6. The topological polar surface area (TPSA) is 76.4 Å². The van der Waals surface area contributed by atoms with E-state index in [4.69, 9.17) is 9.73 Å². The van der Waals surface area contributed by atoms with Crippen LogP contribution in [0.2, 0.25) is 0 Å². The van der Waals surface area contributed by atoms with E-state index < -0.39 is 0 Å². The van der Waals surface area contributed by atoms with Gasteiger partial charge in [-0.05, 0) is 38.7 Å². The van der Waals surface area contributed by atoms with Crippen molar-refractivity contribution >= 4 is 5.96 Å². The summed E-state index contributed by atoms with van der Waals surface area (Å²) in [5.74, 6) is 3.30. The Bertz CT molecular complexity index is 828. The first-order valence-electron chi connectivity index (χ1n) is 10.9. The van der Waals surface area contributed by atoms with Crippen LogP contribution in [0.3, 0.4) is 0 Å². The molecule has 1 saturated heterocycles. The summed E-state index contributed by atoms with van der Waals surface area (Å²) in [5, 5.41) is 15.5. The molecule has 2 atom stereocenters. The van der Waals surface area contributed by atoms with Crippen molar-refractivity contribution in [1.29, 1.82) is 0 Å². The van der Waals surface area contributed by atoms with Crippen molar-refractivity contribution in [1.82, 2.24) is 25.4 Å². The van der Waals surface area contributed by atoms with Crippen LogP contribution in [0.4, 0.5) is 0 Å². The predicted molar refractivity (Wildman–Crippen MR) is 114 cm³/mol. The van der Waals surface area contributed by atoms with Crippen LogP contribution in [0.15, 0.2) is 29.3 Å².